The van der Waals surface area contributed by atoms with Crippen molar-refractivity contribution in [2.45, 2.75) is 33.2 Å². The van der Waals surface area contributed by atoms with Gasteiger partial charge in [0, 0.05) is 0 Å². The molecule has 0 fully saturated rings. The largest absolute Gasteiger partial charge is 0.480 e. The molecule has 0 aliphatic carbocycles. The zero-order valence-corrected chi connectivity index (χ0v) is 7.64. The molecule has 0 aliphatic rings. The Labute approximate surface area is 67.8 Å². The molecule has 0 saturated heterocycles. The van der Waals surface area contributed by atoms with Crippen LogP contribution < -0.4 is 5.32 Å². The predicted molar refractivity (Wildman–Crippen MR) is 44.6 cm³/mol. The van der Waals surface area contributed by atoms with Crippen LogP contribution in [0, 0.1) is 5.92 Å². The number of rotatable bonds is 4. The third kappa shape index (κ3) is 2.19. The summed E-state index contributed by atoms with van der Waals surface area (Å²) in [6, 6.07) is 0. The molecular weight excluding hydrogens is 142 g/mol. The summed E-state index contributed by atoms with van der Waals surface area (Å²) >= 11 is 0. The lowest BCUT2D eigenvalue weighted by Crippen LogP contribution is -2.53. The van der Waals surface area contributed by atoms with Crippen LogP contribution in [0.25, 0.3) is 0 Å². The minimum Gasteiger partial charge on any atom is -0.480 e. The van der Waals surface area contributed by atoms with E-state index in [2.05, 4.69) is 5.32 Å². The van der Waals surface area contributed by atoms with Crippen LogP contribution in [0.4, 0.5) is 0 Å². The third-order valence-corrected chi connectivity index (χ3v) is 2.14. The molecule has 0 heterocycles. The molecule has 0 bridgehead atoms. The van der Waals surface area contributed by atoms with Crippen molar-refractivity contribution in [1.82, 2.24) is 5.32 Å². The monoisotopic (exact) mass is 159 g/mol. The summed E-state index contributed by atoms with van der Waals surface area (Å²) in [5.41, 5.74) is -0.783. The summed E-state index contributed by atoms with van der Waals surface area (Å²) in [6.45, 7) is 8.10. The fourth-order valence-corrected chi connectivity index (χ4v) is 0.894. The molecule has 1 unspecified atom stereocenters. The van der Waals surface area contributed by atoms with Crippen LogP contribution in [0.1, 0.15) is 27.7 Å². The summed E-state index contributed by atoms with van der Waals surface area (Å²) in [5.74, 6) is -0.686. The minimum atomic E-state index is -0.783. The third-order valence-electron chi connectivity index (χ3n) is 2.14. The molecule has 11 heavy (non-hydrogen) atoms. The maximum absolute atomic E-state index is 10.8. The van der Waals surface area contributed by atoms with E-state index in [-0.39, 0.29) is 5.92 Å². The minimum absolute atomic E-state index is 0.0972. The zero-order chi connectivity index (χ0) is 9.07. The maximum Gasteiger partial charge on any atom is 0.323 e. The van der Waals surface area contributed by atoms with Crippen LogP contribution in [0.5, 0.6) is 0 Å². The van der Waals surface area contributed by atoms with Crippen molar-refractivity contribution in [2.24, 2.45) is 5.92 Å². The SMILES string of the molecule is CCNC(C)(C(=O)O)C(C)C. The van der Waals surface area contributed by atoms with Gasteiger partial charge in [-0.2, -0.15) is 0 Å². The van der Waals surface area contributed by atoms with Crippen molar-refractivity contribution >= 4 is 5.97 Å². The van der Waals surface area contributed by atoms with E-state index in [1.54, 1.807) is 6.92 Å². The van der Waals surface area contributed by atoms with Crippen LogP contribution in [0.15, 0.2) is 0 Å². The maximum atomic E-state index is 10.8. The zero-order valence-electron chi connectivity index (χ0n) is 7.64. The van der Waals surface area contributed by atoms with Gasteiger partial charge in [-0.05, 0) is 19.4 Å². The first kappa shape index (κ1) is 10.4. The standard InChI is InChI=1S/C8H17NO2/c1-5-9-8(4,6(2)3)7(10)11/h6,9H,5H2,1-4H3,(H,10,11). The molecule has 0 rings (SSSR count). The summed E-state index contributed by atoms with van der Waals surface area (Å²) in [6.07, 6.45) is 0. The van der Waals surface area contributed by atoms with Gasteiger partial charge in [-0.3, -0.25) is 4.79 Å². The second-order valence-electron chi connectivity index (χ2n) is 3.19. The van der Waals surface area contributed by atoms with E-state index in [4.69, 9.17) is 5.11 Å². The second-order valence-corrected chi connectivity index (χ2v) is 3.19. The molecular formula is C8H17NO2. The molecule has 3 heteroatoms. The van der Waals surface area contributed by atoms with Crippen LogP contribution in [-0.4, -0.2) is 23.2 Å². The Balaban J connectivity index is 4.38. The molecule has 0 aromatic heterocycles. The number of carboxylic acid groups (broad SMARTS) is 1. The van der Waals surface area contributed by atoms with Crippen LogP contribution in [-0.2, 0) is 4.79 Å². The molecule has 0 aromatic carbocycles. The number of nitrogens with one attached hydrogen (secondary N) is 1. The first-order valence-electron chi connectivity index (χ1n) is 3.93. The lowest BCUT2D eigenvalue weighted by Gasteiger charge is -2.29. The molecule has 1 atom stereocenters. The Morgan fingerprint density at radius 3 is 2.18 bits per heavy atom. The smallest absolute Gasteiger partial charge is 0.323 e. The van der Waals surface area contributed by atoms with Crippen molar-refractivity contribution in [3.05, 3.63) is 0 Å². The predicted octanol–water partition coefficient (Wildman–Crippen LogP) is 1.10. The van der Waals surface area contributed by atoms with E-state index in [1.165, 1.54) is 0 Å². The van der Waals surface area contributed by atoms with Gasteiger partial charge >= 0.3 is 5.97 Å². The Hall–Kier alpha value is -0.570. The van der Waals surface area contributed by atoms with Gasteiger partial charge in [0.15, 0.2) is 0 Å². The van der Waals surface area contributed by atoms with E-state index >= 15 is 0 Å². The Morgan fingerprint density at radius 1 is 1.64 bits per heavy atom. The number of carbonyl (C=O) groups is 1. The first-order chi connectivity index (χ1) is 4.95. The molecule has 0 saturated carbocycles. The fraction of sp³-hybridized carbons (Fsp3) is 0.875. The summed E-state index contributed by atoms with van der Waals surface area (Å²) < 4.78 is 0. The van der Waals surface area contributed by atoms with Gasteiger partial charge in [0.1, 0.15) is 5.54 Å². The molecule has 0 radical (unpaired) electrons. The van der Waals surface area contributed by atoms with E-state index in [0.29, 0.717) is 6.54 Å². The molecule has 0 aromatic rings. The lowest BCUT2D eigenvalue weighted by molar-refractivity contribution is -0.146. The summed E-state index contributed by atoms with van der Waals surface area (Å²) in [5, 5.41) is 11.8. The number of aliphatic carboxylic acids is 1. The normalized spacial score (nSPS) is 16.5. The van der Waals surface area contributed by atoms with E-state index in [1.807, 2.05) is 20.8 Å². The van der Waals surface area contributed by atoms with Crippen molar-refractivity contribution in [2.75, 3.05) is 6.54 Å². The Kier molecular flexibility index (Phi) is 3.52. The van der Waals surface area contributed by atoms with E-state index in [9.17, 15) is 4.79 Å². The second kappa shape index (κ2) is 3.72. The van der Waals surface area contributed by atoms with Crippen molar-refractivity contribution in [3.63, 3.8) is 0 Å². The number of likely N-dealkylation sites (N-methyl/N-ethyl adjacent to an activating group) is 1. The van der Waals surface area contributed by atoms with Crippen molar-refractivity contribution < 1.29 is 9.90 Å². The average molecular weight is 159 g/mol. The highest BCUT2D eigenvalue weighted by Gasteiger charge is 2.35. The first-order valence-corrected chi connectivity index (χ1v) is 3.93. The van der Waals surface area contributed by atoms with Crippen molar-refractivity contribution in [1.29, 1.82) is 0 Å². The molecule has 0 aliphatic heterocycles. The van der Waals surface area contributed by atoms with Gasteiger partial charge in [0.05, 0.1) is 0 Å². The topological polar surface area (TPSA) is 49.3 Å². The highest BCUT2D eigenvalue weighted by atomic mass is 16.4. The van der Waals surface area contributed by atoms with Crippen LogP contribution >= 0.6 is 0 Å². The number of carboxylic acids is 1. The van der Waals surface area contributed by atoms with Crippen molar-refractivity contribution in [3.8, 4) is 0 Å². The molecule has 0 amide bonds. The van der Waals surface area contributed by atoms with Crippen LogP contribution in [0.2, 0.25) is 0 Å². The Bertz CT molecular complexity index is 145. The Morgan fingerprint density at radius 2 is 2.09 bits per heavy atom. The van der Waals surface area contributed by atoms with Gasteiger partial charge in [0.25, 0.3) is 0 Å². The molecule has 3 nitrogen and oxygen atoms in total. The number of hydrogen-bond donors (Lipinski definition) is 2. The van der Waals surface area contributed by atoms with Crippen LogP contribution in [0.3, 0.4) is 0 Å². The van der Waals surface area contributed by atoms with Gasteiger partial charge in [0.2, 0.25) is 0 Å². The highest BCUT2D eigenvalue weighted by Crippen LogP contribution is 2.15. The fourth-order valence-electron chi connectivity index (χ4n) is 0.894. The average Bonchev–Trinajstić information content (AvgIpc) is 1.87. The molecule has 0 spiro atoms. The van der Waals surface area contributed by atoms with E-state index < -0.39 is 11.5 Å². The molecule has 2 N–H and O–H groups in total. The summed E-state index contributed by atoms with van der Waals surface area (Å²) in [4.78, 5) is 10.8. The van der Waals surface area contributed by atoms with Gasteiger partial charge in [-0.15, -0.1) is 0 Å². The van der Waals surface area contributed by atoms with Gasteiger partial charge in [-0.1, -0.05) is 20.8 Å². The number of hydrogen-bond acceptors (Lipinski definition) is 2. The van der Waals surface area contributed by atoms with E-state index in [0.717, 1.165) is 0 Å². The van der Waals surface area contributed by atoms with Gasteiger partial charge < -0.3 is 10.4 Å². The summed E-state index contributed by atoms with van der Waals surface area (Å²) in [7, 11) is 0. The lowest BCUT2D eigenvalue weighted by atomic mass is 9.88. The highest BCUT2D eigenvalue weighted by molar-refractivity contribution is 5.78. The van der Waals surface area contributed by atoms with Gasteiger partial charge in [-0.25, -0.2) is 0 Å². The quantitative estimate of drug-likeness (QED) is 0.645. The molecule has 66 valence electrons.